The quantitative estimate of drug-likeness (QED) is 0.826. The van der Waals surface area contributed by atoms with Crippen LogP contribution in [0.15, 0.2) is 30.3 Å². The molecule has 0 saturated carbocycles. The van der Waals surface area contributed by atoms with Gasteiger partial charge in [-0.2, -0.15) is 5.10 Å². The molecule has 0 N–H and O–H groups in total. The van der Waals surface area contributed by atoms with Crippen molar-refractivity contribution in [2.45, 2.75) is 51.5 Å². The van der Waals surface area contributed by atoms with Crippen molar-refractivity contribution in [2.24, 2.45) is 7.05 Å². The van der Waals surface area contributed by atoms with E-state index in [1.807, 2.05) is 24.1 Å². The highest BCUT2D eigenvalue weighted by Crippen LogP contribution is 2.32. The number of benzene rings is 1. The Kier molecular flexibility index (Phi) is 5.21. The van der Waals surface area contributed by atoms with Gasteiger partial charge in [0.2, 0.25) is 0 Å². The Labute approximate surface area is 148 Å². The lowest BCUT2D eigenvalue weighted by atomic mass is 10.00. The lowest BCUT2D eigenvalue weighted by Crippen LogP contribution is -2.36. The van der Waals surface area contributed by atoms with E-state index in [1.54, 1.807) is 16.8 Å². The topological polar surface area (TPSA) is 38.1 Å². The highest BCUT2D eigenvalue weighted by molar-refractivity contribution is 5.93. The summed E-state index contributed by atoms with van der Waals surface area (Å²) in [4.78, 5) is 15.2. The maximum absolute atomic E-state index is 13.7. The van der Waals surface area contributed by atoms with Crippen molar-refractivity contribution in [2.75, 3.05) is 6.54 Å². The first kappa shape index (κ1) is 17.6. The molecular weight excluding hydrogens is 317 g/mol. The summed E-state index contributed by atoms with van der Waals surface area (Å²) in [5.74, 6) is 0.00531. The Balaban J connectivity index is 1.95. The number of carbonyl (C=O) groups excluding carboxylic acids is 1. The number of likely N-dealkylation sites (tertiary alicyclic amines) is 1. The molecule has 1 atom stereocenters. The highest BCUT2D eigenvalue weighted by atomic mass is 19.1. The molecule has 5 heteroatoms. The van der Waals surface area contributed by atoms with Gasteiger partial charge in [-0.3, -0.25) is 9.48 Å². The standard InChI is InChI=1S/C20H26FN3O/c1-14(2)17-13-19(23(3)22-17)20(25)24-11-6-4-5-10-18(24)15-8-7-9-16(21)12-15/h7-9,12-14,18H,4-6,10-11H2,1-3H3/t18-/m0/s1. The molecule has 134 valence electrons. The molecule has 1 aromatic heterocycles. The summed E-state index contributed by atoms with van der Waals surface area (Å²) in [7, 11) is 1.81. The second-order valence-corrected chi connectivity index (χ2v) is 7.15. The lowest BCUT2D eigenvalue weighted by Gasteiger charge is -2.30. The fourth-order valence-electron chi connectivity index (χ4n) is 3.53. The van der Waals surface area contributed by atoms with Gasteiger partial charge in [0.25, 0.3) is 5.91 Å². The van der Waals surface area contributed by atoms with Gasteiger partial charge >= 0.3 is 0 Å². The van der Waals surface area contributed by atoms with E-state index in [9.17, 15) is 9.18 Å². The fraction of sp³-hybridized carbons (Fsp3) is 0.500. The van der Waals surface area contributed by atoms with Gasteiger partial charge in [-0.25, -0.2) is 4.39 Å². The van der Waals surface area contributed by atoms with E-state index >= 15 is 0 Å². The van der Waals surface area contributed by atoms with Crippen molar-refractivity contribution in [3.05, 3.63) is 53.1 Å². The minimum absolute atomic E-state index is 0.0157. The number of hydrogen-bond acceptors (Lipinski definition) is 2. The Hall–Kier alpha value is -2.17. The zero-order chi connectivity index (χ0) is 18.0. The predicted octanol–water partition coefficient (Wildman–Crippen LogP) is 4.44. The number of hydrogen-bond donors (Lipinski definition) is 0. The third kappa shape index (κ3) is 3.75. The molecule has 1 aliphatic rings. The van der Waals surface area contributed by atoms with Crippen LogP contribution in [0.4, 0.5) is 4.39 Å². The number of nitrogens with zero attached hydrogens (tertiary/aromatic N) is 3. The van der Waals surface area contributed by atoms with E-state index in [0.717, 1.165) is 36.9 Å². The molecular formula is C20H26FN3O. The molecule has 1 fully saturated rings. The van der Waals surface area contributed by atoms with Gasteiger partial charge in [0, 0.05) is 13.6 Å². The fourth-order valence-corrected chi connectivity index (χ4v) is 3.53. The third-order valence-electron chi connectivity index (χ3n) is 4.96. The largest absolute Gasteiger partial charge is 0.330 e. The number of amides is 1. The van der Waals surface area contributed by atoms with Gasteiger partial charge in [-0.15, -0.1) is 0 Å². The van der Waals surface area contributed by atoms with Crippen molar-refractivity contribution in [1.82, 2.24) is 14.7 Å². The van der Waals surface area contributed by atoms with Crippen molar-refractivity contribution in [1.29, 1.82) is 0 Å². The predicted molar refractivity (Wildman–Crippen MR) is 95.9 cm³/mol. The second kappa shape index (κ2) is 7.38. The molecule has 1 aliphatic heterocycles. The minimum atomic E-state index is -0.253. The molecule has 0 aliphatic carbocycles. The van der Waals surface area contributed by atoms with E-state index in [4.69, 9.17) is 0 Å². The summed E-state index contributed by atoms with van der Waals surface area (Å²) in [5, 5.41) is 4.47. The van der Waals surface area contributed by atoms with Gasteiger partial charge in [-0.05, 0) is 42.5 Å². The zero-order valence-corrected chi connectivity index (χ0v) is 15.2. The Morgan fingerprint density at radius 1 is 1.24 bits per heavy atom. The molecule has 4 nitrogen and oxygen atoms in total. The van der Waals surface area contributed by atoms with E-state index in [0.29, 0.717) is 12.2 Å². The maximum atomic E-state index is 13.7. The van der Waals surface area contributed by atoms with E-state index in [1.165, 1.54) is 6.07 Å². The number of carbonyl (C=O) groups is 1. The Morgan fingerprint density at radius 3 is 2.72 bits per heavy atom. The number of rotatable bonds is 3. The van der Waals surface area contributed by atoms with Crippen LogP contribution < -0.4 is 0 Å². The average molecular weight is 343 g/mol. The van der Waals surface area contributed by atoms with Crippen molar-refractivity contribution < 1.29 is 9.18 Å². The minimum Gasteiger partial charge on any atom is -0.330 e. The van der Waals surface area contributed by atoms with Crippen LogP contribution in [0.2, 0.25) is 0 Å². The van der Waals surface area contributed by atoms with Crippen LogP contribution in [0, 0.1) is 5.82 Å². The summed E-state index contributed by atoms with van der Waals surface area (Å²) in [6.07, 6.45) is 3.99. The molecule has 0 unspecified atom stereocenters. The first-order valence-corrected chi connectivity index (χ1v) is 9.07. The molecule has 2 heterocycles. The first-order chi connectivity index (χ1) is 12.0. The summed E-state index contributed by atoms with van der Waals surface area (Å²) in [5.41, 5.74) is 2.40. The number of aryl methyl sites for hydroxylation is 1. The second-order valence-electron chi connectivity index (χ2n) is 7.15. The molecule has 2 aromatic rings. The van der Waals surface area contributed by atoms with Crippen LogP contribution in [-0.4, -0.2) is 27.1 Å². The van der Waals surface area contributed by atoms with Crippen LogP contribution >= 0.6 is 0 Å². The van der Waals surface area contributed by atoms with Crippen molar-refractivity contribution in [3.63, 3.8) is 0 Å². The lowest BCUT2D eigenvalue weighted by molar-refractivity contribution is 0.0669. The summed E-state index contributed by atoms with van der Waals surface area (Å²) < 4.78 is 15.4. The number of halogens is 1. The van der Waals surface area contributed by atoms with Crippen LogP contribution in [0.3, 0.4) is 0 Å². The Morgan fingerprint density at radius 2 is 2.04 bits per heavy atom. The normalized spacial score (nSPS) is 18.4. The monoisotopic (exact) mass is 343 g/mol. The zero-order valence-electron chi connectivity index (χ0n) is 15.2. The van der Waals surface area contributed by atoms with Gasteiger partial charge in [0.1, 0.15) is 11.5 Å². The molecule has 1 aromatic carbocycles. The first-order valence-electron chi connectivity index (χ1n) is 9.07. The third-order valence-corrected chi connectivity index (χ3v) is 4.96. The molecule has 25 heavy (non-hydrogen) atoms. The van der Waals surface area contributed by atoms with Crippen LogP contribution in [0.1, 0.15) is 73.2 Å². The molecule has 0 radical (unpaired) electrons. The summed E-state index contributed by atoms with van der Waals surface area (Å²) in [6.45, 7) is 4.83. The van der Waals surface area contributed by atoms with E-state index in [2.05, 4.69) is 18.9 Å². The smallest absolute Gasteiger partial charge is 0.272 e. The number of aromatic nitrogens is 2. The van der Waals surface area contributed by atoms with Gasteiger partial charge < -0.3 is 4.90 Å². The Bertz CT molecular complexity index is 753. The molecule has 1 saturated heterocycles. The average Bonchev–Trinajstić information content (AvgIpc) is 2.81. The van der Waals surface area contributed by atoms with Crippen molar-refractivity contribution >= 4 is 5.91 Å². The van der Waals surface area contributed by atoms with Gasteiger partial charge in [0.05, 0.1) is 11.7 Å². The SMILES string of the molecule is CC(C)c1cc(C(=O)N2CCCCC[C@H]2c2cccc(F)c2)n(C)n1. The van der Waals surface area contributed by atoms with Gasteiger partial charge in [-0.1, -0.05) is 38.8 Å². The van der Waals surface area contributed by atoms with E-state index in [-0.39, 0.29) is 23.7 Å². The molecule has 3 rings (SSSR count). The van der Waals surface area contributed by atoms with Crippen LogP contribution in [0.25, 0.3) is 0 Å². The van der Waals surface area contributed by atoms with Crippen LogP contribution in [-0.2, 0) is 7.05 Å². The molecule has 0 bridgehead atoms. The highest BCUT2D eigenvalue weighted by Gasteiger charge is 2.29. The van der Waals surface area contributed by atoms with Crippen molar-refractivity contribution in [3.8, 4) is 0 Å². The van der Waals surface area contributed by atoms with E-state index < -0.39 is 0 Å². The molecule has 0 spiro atoms. The summed E-state index contributed by atoms with van der Waals surface area (Å²) >= 11 is 0. The maximum Gasteiger partial charge on any atom is 0.272 e. The van der Waals surface area contributed by atoms with Crippen LogP contribution in [0.5, 0.6) is 0 Å². The van der Waals surface area contributed by atoms with Gasteiger partial charge in [0.15, 0.2) is 0 Å². The molecule has 1 amide bonds. The summed E-state index contributed by atoms with van der Waals surface area (Å²) in [6, 6.07) is 8.45.